The van der Waals surface area contributed by atoms with Gasteiger partial charge >= 0.3 is 5.97 Å². The maximum absolute atomic E-state index is 11.7. The van der Waals surface area contributed by atoms with E-state index in [1.807, 2.05) is 4.72 Å². The summed E-state index contributed by atoms with van der Waals surface area (Å²) >= 11 is 0. The third kappa shape index (κ3) is 5.01. The van der Waals surface area contributed by atoms with E-state index in [1.54, 1.807) is 0 Å². The Balaban J connectivity index is 2.52. The molecule has 6 nitrogen and oxygen atoms in total. The molecule has 0 aromatic heterocycles. The first-order valence-electron chi connectivity index (χ1n) is 5.78. The summed E-state index contributed by atoms with van der Waals surface area (Å²) in [4.78, 5) is 10.6. The second-order valence-corrected chi connectivity index (χ2v) is 6.28. The lowest BCUT2D eigenvalue weighted by atomic mass is 9.91. The number of sulfonamides is 1. The minimum Gasteiger partial charge on any atom is -0.480 e. The molecule has 0 amide bonds. The number of aliphatic hydroxyl groups is 1. The highest BCUT2D eigenvalue weighted by Crippen LogP contribution is 2.24. The molecule has 0 aromatic carbocycles. The second-order valence-electron chi connectivity index (χ2n) is 4.48. The highest BCUT2D eigenvalue weighted by molar-refractivity contribution is 7.89. The fraction of sp³-hybridized carbons (Fsp3) is 0.900. The molecule has 0 bridgehead atoms. The minimum absolute atomic E-state index is 0.0449. The molecular weight excluding hydrogens is 246 g/mol. The van der Waals surface area contributed by atoms with Crippen molar-refractivity contribution in [3.8, 4) is 0 Å². The highest BCUT2D eigenvalue weighted by atomic mass is 32.2. The van der Waals surface area contributed by atoms with Gasteiger partial charge < -0.3 is 10.2 Å². The van der Waals surface area contributed by atoms with E-state index in [0.29, 0.717) is 0 Å². The third-order valence-electron chi connectivity index (χ3n) is 2.98. The van der Waals surface area contributed by atoms with Crippen LogP contribution in [0.25, 0.3) is 0 Å². The maximum atomic E-state index is 11.7. The summed E-state index contributed by atoms with van der Waals surface area (Å²) in [6.07, 6.45) is 4.94. The number of rotatable bonds is 6. The zero-order valence-electron chi connectivity index (χ0n) is 9.63. The second kappa shape index (κ2) is 6.32. The lowest BCUT2D eigenvalue weighted by Crippen LogP contribution is -2.45. The first-order valence-corrected chi connectivity index (χ1v) is 7.43. The van der Waals surface area contributed by atoms with E-state index in [1.165, 1.54) is 0 Å². The summed E-state index contributed by atoms with van der Waals surface area (Å²) in [6, 6.07) is -1.44. The molecule has 7 heteroatoms. The standard InChI is InChI=1S/C10H19NO5S/c12-6-9(10(13)14)11-17(15,16)7-8-4-2-1-3-5-8/h8-9,11-12H,1-7H2,(H,13,14)/t9-/m1/s1. The van der Waals surface area contributed by atoms with E-state index in [-0.39, 0.29) is 11.7 Å². The van der Waals surface area contributed by atoms with Gasteiger partial charge in [0, 0.05) is 0 Å². The number of carboxylic acids is 1. The number of carbonyl (C=O) groups is 1. The molecule has 100 valence electrons. The van der Waals surface area contributed by atoms with Crippen LogP contribution in [-0.4, -0.2) is 43.0 Å². The average Bonchev–Trinajstić information content (AvgIpc) is 2.26. The van der Waals surface area contributed by atoms with Crippen LogP contribution in [0, 0.1) is 5.92 Å². The van der Waals surface area contributed by atoms with Crippen molar-refractivity contribution in [1.29, 1.82) is 0 Å². The molecule has 0 heterocycles. The van der Waals surface area contributed by atoms with Gasteiger partial charge in [-0.2, -0.15) is 4.72 Å². The molecule has 1 saturated carbocycles. The van der Waals surface area contributed by atoms with Crippen LogP contribution >= 0.6 is 0 Å². The van der Waals surface area contributed by atoms with Crippen LogP contribution < -0.4 is 4.72 Å². The fourth-order valence-electron chi connectivity index (χ4n) is 2.09. The van der Waals surface area contributed by atoms with Crippen LogP contribution in [0.4, 0.5) is 0 Å². The summed E-state index contributed by atoms with van der Waals surface area (Å²) in [5.41, 5.74) is 0. The van der Waals surface area contributed by atoms with Gasteiger partial charge in [0.15, 0.2) is 0 Å². The molecule has 1 fully saturated rings. The Kier molecular flexibility index (Phi) is 5.35. The molecule has 0 unspecified atom stereocenters. The molecule has 17 heavy (non-hydrogen) atoms. The quantitative estimate of drug-likeness (QED) is 0.624. The van der Waals surface area contributed by atoms with Gasteiger partial charge in [-0.15, -0.1) is 0 Å². The summed E-state index contributed by atoms with van der Waals surface area (Å²) in [6.45, 7) is -0.737. The van der Waals surface area contributed by atoms with Crippen LogP contribution in [-0.2, 0) is 14.8 Å². The molecule has 3 N–H and O–H groups in total. The van der Waals surface area contributed by atoms with Gasteiger partial charge in [0.05, 0.1) is 12.4 Å². The molecule has 0 aromatic rings. The molecule has 1 rings (SSSR count). The van der Waals surface area contributed by atoms with Crippen molar-refractivity contribution < 1.29 is 23.4 Å². The Hall–Kier alpha value is -0.660. The number of hydrogen-bond acceptors (Lipinski definition) is 4. The molecule has 1 aliphatic rings. The van der Waals surface area contributed by atoms with Gasteiger partial charge in [-0.05, 0) is 18.8 Å². The van der Waals surface area contributed by atoms with Crippen LogP contribution in [0.1, 0.15) is 32.1 Å². The zero-order chi connectivity index (χ0) is 12.9. The number of hydrogen-bond donors (Lipinski definition) is 3. The van der Waals surface area contributed by atoms with Crippen LogP contribution in [0.3, 0.4) is 0 Å². The van der Waals surface area contributed by atoms with Crippen LogP contribution in [0.15, 0.2) is 0 Å². The SMILES string of the molecule is O=C(O)[C@@H](CO)NS(=O)(=O)CC1CCCCC1. The van der Waals surface area contributed by atoms with Crippen molar-refractivity contribution in [3.05, 3.63) is 0 Å². The topological polar surface area (TPSA) is 104 Å². The van der Waals surface area contributed by atoms with Gasteiger partial charge in [-0.3, -0.25) is 4.79 Å². The van der Waals surface area contributed by atoms with Crippen molar-refractivity contribution in [3.63, 3.8) is 0 Å². The Labute approximate surface area is 101 Å². The van der Waals surface area contributed by atoms with Crippen molar-refractivity contribution in [1.82, 2.24) is 4.72 Å². The minimum atomic E-state index is -3.63. The van der Waals surface area contributed by atoms with Crippen molar-refractivity contribution in [2.45, 2.75) is 38.1 Å². The predicted octanol–water partition coefficient (Wildman–Crippen LogP) is -0.0684. The zero-order valence-corrected chi connectivity index (χ0v) is 10.4. The molecular formula is C10H19NO5S. The summed E-state index contributed by atoms with van der Waals surface area (Å²) in [5, 5.41) is 17.4. The van der Waals surface area contributed by atoms with Crippen molar-refractivity contribution in [2.75, 3.05) is 12.4 Å². The van der Waals surface area contributed by atoms with Gasteiger partial charge in [-0.25, -0.2) is 8.42 Å². The van der Waals surface area contributed by atoms with E-state index in [9.17, 15) is 13.2 Å². The molecule has 1 aliphatic carbocycles. The van der Waals surface area contributed by atoms with Gasteiger partial charge in [0.25, 0.3) is 0 Å². The Morgan fingerprint density at radius 3 is 2.35 bits per heavy atom. The highest BCUT2D eigenvalue weighted by Gasteiger charge is 2.26. The number of aliphatic carboxylic acids is 1. The summed E-state index contributed by atoms with van der Waals surface area (Å²) in [5.74, 6) is -1.30. The molecule has 1 atom stereocenters. The maximum Gasteiger partial charge on any atom is 0.324 e. The van der Waals surface area contributed by atoms with E-state index in [2.05, 4.69) is 0 Å². The Morgan fingerprint density at radius 2 is 1.88 bits per heavy atom. The van der Waals surface area contributed by atoms with Crippen molar-refractivity contribution >= 4 is 16.0 Å². The molecule has 0 saturated heterocycles. The Bertz CT molecular complexity index is 348. The number of nitrogens with one attached hydrogen (secondary N) is 1. The number of carboxylic acid groups (broad SMARTS) is 1. The lowest BCUT2D eigenvalue weighted by Gasteiger charge is -2.22. The predicted molar refractivity (Wildman–Crippen MR) is 62.0 cm³/mol. The first kappa shape index (κ1) is 14.4. The fourth-order valence-corrected chi connectivity index (χ4v) is 3.75. The van der Waals surface area contributed by atoms with Gasteiger partial charge in [-0.1, -0.05) is 19.3 Å². The summed E-state index contributed by atoms with van der Waals surface area (Å²) in [7, 11) is -3.63. The molecule has 0 aliphatic heterocycles. The monoisotopic (exact) mass is 265 g/mol. The van der Waals surface area contributed by atoms with Gasteiger partial charge in [0.2, 0.25) is 10.0 Å². The van der Waals surface area contributed by atoms with E-state index in [4.69, 9.17) is 10.2 Å². The average molecular weight is 265 g/mol. The smallest absolute Gasteiger partial charge is 0.324 e. The first-order chi connectivity index (χ1) is 7.94. The van der Waals surface area contributed by atoms with Crippen molar-refractivity contribution in [2.24, 2.45) is 5.92 Å². The molecule has 0 radical (unpaired) electrons. The van der Waals surface area contributed by atoms with E-state index in [0.717, 1.165) is 32.1 Å². The number of aliphatic hydroxyl groups excluding tert-OH is 1. The van der Waals surface area contributed by atoms with E-state index < -0.39 is 28.6 Å². The lowest BCUT2D eigenvalue weighted by molar-refractivity contribution is -0.139. The van der Waals surface area contributed by atoms with Gasteiger partial charge in [0.1, 0.15) is 6.04 Å². The largest absolute Gasteiger partial charge is 0.480 e. The van der Waals surface area contributed by atoms with Crippen LogP contribution in [0.5, 0.6) is 0 Å². The Morgan fingerprint density at radius 1 is 1.29 bits per heavy atom. The van der Waals surface area contributed by atoms with E-state index >= 15 is 0 Å². The van der Waals surface area contributed by atoms with Crippen LogP contribution in [0.2, 0.25) is 0 Å². The molecule has 0 spiro atoms. The summed E-state index contributed by atoms with van der Waals surface area (Å²) < 4.78 is 25.4. The third-order valence-corrected chi connectivity index (χ3v) is 4.54. The normalized spacial score (nSPS) is 20.1.